The van der Waals surface area contributed by atoms with Crippen LogP contribution in [-0.2, 0) is 13.0 Å². The van der Waals surface area contributed by atoms with Crippen LogP contribution in [0.3, 0.4) is 0 Å². The molecule has 3 heteroatoms. The predicted octanol–water partition coefficient (Wildman–Crippen LogP) is 3.30. The molecule has 0 aromatic heterocycles. The minimum absolute atomic E-state index is 0.475. The van der Waals surface area contributed by atoms with Crippen molar-refractivity contribution in [1.29, 1.82) is 0 Å². The van der Waals surface area contributed by atoms with Crippen LogP contribution in [0.2, 0.25) is 0 Å². The molecule has 1 nitrogen and oxygen atoms in total. The number of rotatable bonds is 5. The summed E-state index contributed by atoms with van der Waals surface area (Å²) in [6.45, 7) is 1.42. The van der Waals surface area contributed by atoms with E-state index >= 15 is 0 Å². The highest BCUT2D eigenvalue weighted by Crippen LogP contribution is 2.09. The quantitative estimate of drug-likeness (QED) is 0.799. The molecule has 2 aromatic rings. The molecule has 0 saturated carbocycles. The highest BCUT2D eigenvalue weighted by molar-refractivity contribution is 5.19. The summed E-state index contributed by atoms with van der Waals surface area (Å²) in [4.78, 5) is 0. The van der Waals surface area contributed by atoms with Gasteiger partial charge in [0, 0.05) is 12.6 Å². The van der Waals surface area contributed by atoms with Crippen LogP contribution in [0.1, 0.15) is 11.1 Å². The first-order valence-electron chi connectivity index (χ1n) is 5.94. The lowest BCUT2D eigenvalue weighted by molar-refractivity contribution is 0.566. The molecule has 2 aromatic carbocycles. The minimum atomic E-state index is -0.534. The van der Waals surface area contributed by atoms with Crippen molar-refractivity contribution in [3.8, 4) is 0 Å². The van der Waals surface area contributed by atoms with E-state index in [0.29, 0.717) is 18.5 Å². The molecule has 0 aliphatic heterocycles. The first kappa shape index (κ1) is 12.7. The summed E-state index contributed by atoms with van der Waals surface area (Å²) in [6.07, 6.45) is 0.555. The van der Waals surface area contributed by atoms with Crippen LogP contribution >= 0.6 is 0 Å². The number of benzene rings is 2. The highest BCUT2D eigenvalue weighted by Gasteiger charge is 2.02. The summed E-state index contributed by atoms with van der Waals surface area (Å²) in [5.41, 5.74) is 1.73. The molecule has 0 spiro atoms. The smallest absolute Gasteiger partial charge is 0.129 e. The van der Waals surface area contributed by atoms with Gasteiger partial charge in [0.1, 0.15) is 11.6 Å². The van der Waals surface area contributed by atoms with Crippen molar-refractivity contribution >= 4 is 0 Å². The van der Waals surface area contributed by atoms with E-state index in [2.05, 4.69) is 5.32 Å². The van der Waals surface area contributed by atoms with Crippen LogP contribution in [0.15, 0.2) is 48.5 Å². The van der Waals surface area contributed by atoms with E-state index in [4.69, 9.17) is 0 Å². The molecular weight excluding hydrogens is 232 g/mol. The Morgan fingerprint density at radius 3 is 2.44 bits per heavy atom. The third-order valence-electron chi connectivity index (χ3n) is 2.76. The lowest BCUT2D eigenvalue weighted by Gasteiger charge is -2.06. The molecule has 0 unspecified atom stereocenters. The summed E-state index contributed by atoms with van der Waals surface area (Å²) < 4.78 is 26.0. The third-order valence-corrected chi connectivity index (χ3v) is 2.76. The van der Waals surface area contributed by atoms with Crippen molar-refractivity contribution in [3.05, 3.63) is 71.3 Å². The zero-order valence-electron chi connectivity index (χ0n) is 10.00. The Labute approximate surface area is 105 Å². The Bertz CT molecular complexity index is 497. The zero-order valence-corrected chi connectivity index (χ0v) is 10.00. The molecule has 2 rings (SSSR count). The van der Waals surface area contributed by atoms with Gasteiger partial charge in [-0.25, -0.2) is 8.78 Å². The van der Waals surface area contributed by atoms with Gasteiger partial charge in [-0.2, -0.15) is 0 Å². The Balaban J connectivity index is 1.79. The summed E-state index contributed by atoms with van der Waals surface area (Å²) in [5, 5.41) is 3.23. The van der Waals surface area contributed by atoms with Gasteiger partial charge < -0.3 is 5.32 Å². The maximum absolute atomic E-state index is 13.3. The van der Waals surface area contributed by atoms with Gasteiger partial charge in [0.05, 0.1) is 0 Å². The van der Waals surface area contributed by atoms with E-state index in [0.717, 1.165) is 12.6 Å². The maximum Gasteiger partial charge on any atom is 0.129 e. The van der Waals surface area contributed by atoms with Crippen molar-refractivity contribution < 1.29 is 8.78 Å². The topological polar surface area (TPSA) is 12.0 Å². The van der Waals surface area contributed by atoms with Gasteiger partial charge in [0.2, 0.25) is 0 Å². The van der Waals surface area contributed by atoms with Crippen molar-refractivity contribution in [2.45, 2.75) is 13.0 Å². The molecule has 0 aliphatic carbocycles. The second-order valence-corrected chi connectivity index (χ2v) is 4.15. The summed E-state index contributed by atoms with van der Waals surface area (Å²) in [6, 6.07) is 13.7. The number of nitrogens with one attached hydrogen (secondary N) is 1. The van der Waals surface area contributed by atoms with E-state index in [1.165, 1.54) is 17.7 Å². The van der Waals surface area contributed by atoms with Crippen molar-refractivity contribution in [1.82, 2.24) is 5.32 Å². The second-order valence-electron chi connectivity index (χ2n) is 4.15. The van der Waals surface area contributed by atoms with Crippen LogP contribution in [-0.4, -0.2) is 6.54 Å². The standard InChI is InChI=1S/C15H15F2N/c16-14-7-6-13(15(17)10-14)8-9-18-11-12-4-2-1-3-5-12/h1-7,10,18H,8-9,11H2. The van der Waals surface area contributed by atoms with E-state index < -0.39 is 11.6 Å². The monoisotopic (exact) mass is 247 g/mol. The maximum atomic E-state index is 13.3. The average Bonchev–Trinajstić information content (AvgIpc) is 2.38. The second kappa shape index (κ2) is 6.26. The fourth-order valence-corrected chi connectivity index (χ4v) is 1.78. The van der Waals surface area contributed by atoms with Crippen LogP contribution < -0.4 is 5.32 Å². The Morgan fingerprint density at radius 2 is 1.72 bits per heavy atom. The molecule has 0 heterocycles. The lowest BCUT2D eigenvalue weighted by Crippen LogP contribution is -2.17. The van der Waals surface area contributed by atoms with Gasteiger partial charge in [0.25, 0.3) is 0 Å². The Kier molecular flexibility index (Phi) is 4.42. The first-order valence-corrected chi connectivity index (χ1v) is 5.94. The lowest BCUT2D eigenvalue weighted by atomic mass is 10.1. The van der Waals surface area contributed by atoms with Gasteiger partial charge in [-0.1, -0.05) is 36.4 Å². The normalized spacial score (nSPS) is 10.6. The number of hydrogen-bond donors (Lipinski definition) is 1. The van der Waals surface area contributed by atoms with Crippen LogP contribution in [0.5, 0.6) is 0 Å². The summed E-state index contributed by atoms with van der Waals surface area (Å²) >= 11 is 0. The zero-order chi connectivity index (χ0) is 12.8. The molecule has 0 amide bonds. The van der Waals surface area contributed by atoms with Crippen molar-refractivity contribution in [2.24, 2.45) is 0 Å². The molecule has 0 atom stereocenters. The number of hydrogen-bond acceptors (Lipinski definition) is 1. The van der Waals surface area contributed by atoms with Gasteiger partial charge in [-0.05, 0) is 30.2 Å². The van der Waals surface area contributed by atoms with E-state index in [1.54, 1.807) is 0 Å². The molecule has 0 saturated heterocycles. The van der Waals surface area contributed by atoms with Gasteiger partial charge >= 0.3 is 0 Å². The van der Waals surface area contributed by atoms with E-state index in [1.807, 2.05) is 30.3 Å². The summed E-state index contributed by atoms with van der Waals surface area (Å²) in [5.74, 6) is -1.01. The fraction of sp³-hybridized carbons (Fsp3) is 0.200. The first-order chi connectivity index (χ1) is 8.75. The molecule has 0 aliphatic rings. The molecular formula is C15H15F2N. The highest BCUT2D eigenvalue weighted by atomic mass is 19.1. The van der Waals surface area contributed by atoms with Crippen LogP contribution in [0.4, 0.5) is 8.78 Å². The minimum Gasteiger partial charge on any atom is -0.312 e. The molecule has 94 valence electrons. The Hall–Kier alpha value is -1.74. The fourth-order valence-electron chi connectivity index (χ4n) is 1.78. The Morgan fingerprint density at radius 1 is 0.944 bits per heavy atom. The summed E-state index contributed by atoms with van der Waals surface area (Å²) in [7, 11) is 0. The molecule has 0 bridgehead atoms. The van der Waals surface area contributed by atoms with Gasteiger partial charge in [0.15, 0.2) is 0 Å². The molecule has 1 N–H and O–H groups in total. The van der Waals surface area contributed by atoms with Gasteiger partial charge in [-0.15, -0.1) is 0 Å². The van der Waals surface area contributed by atoms with E-state index in [-0.39, 0.29) is 0 Å². The molecule has 0 radical (unpaired) electrons. The number of halogens is 2. The van der Waals surface area contributed by atoms with Gasteiger partial charge in [-0.3, -0.25) is 0 Å². The third kappa shape index (κ3) is 3.64. The predicted molar refractivity (Wildman–Crippen MR) is 68.2 cm³/mol. The van der Waals surface area contributed by atoms with Crippen molar-refractivity contribution in [2.75, 3.05) is 6.54 Å². The van der Waals surface area contributed by atoms with Crippen LogP contribution in [0.25, 0.3) is 0 Å². The average molecular weight is 247 g/mol. The van der Waals surface area contributed by atoms with E-state index in [9.17, 15) is 8.78 Å². The largest absolute Gasteiger partial charge is 0.312 e. The molecule has 0 fully saturated rings. The molecule has 18 heavy (non-hydrogen) atoms. The SMILES string of the molecule is Fc1ccc(CCNCc2ccccc2)c(F)c1. The van der Waals surface area contributed by atoms with Crippen molar-refractivity contribution in [3.63, 3.8) is 0 Å². The van der Waals surface area contributed by atoms with Crippen LogP contribution in [0, 0.1) is 11.6 Å².